The van der Waals surface area contributed by atoms with Crippen molar-refractivity contribution in [2.24, 2.45) is 20.5 Å². The number of fused-ring (bicyclic) bond motifs is 2. The van der Waals surface area contributed by atoms with Crippen molar-refractivity contribution in [1.29, 1.82) is 0 Å². The average Bonchev–Trinajstić information content (AvgIpc) is 3.13. The molecule has 0 spiro atoms. The van der Waals surface area contributed by atoms with Gasteiger partial charge in [0.15, 0.2) is 0 Å². The molecule has 0 heterocycles. The van der Waals surface area contributed by atoms with Crippen LogP contribution in [0.1, 0.15) is 0 Å². The van der Waals surface area contributed by atoms with Crippen LogP contribution in [0.15, 0.2) is 125 Å². The van der Waals surface area contributed by atoms with Gasteiger partial charge in [0.1, 0.15) is 44.0 Å². The van der Waals surface area contributed by atoms with Gasteiger partial charge >= 0.3 is 6.03 Å². The minimum atomic E-state index is -5.09. The van der Waals surface area contributed by atoms with E-state index in [1.54, 1.807) is 0 Å². The van der Waals surface area contributed by atoms with Gasteiger partial charge in [-0.15, -0.1) is 20.5 Å². The van der Waals surface area contributed by atoms with Crippen LogP contribution in [0.2, 0.25) is 0 Å². The molecule has 0 bridgehead atoms. The van der Waals surface area contributed by atoms with Crippen LogP contribution in [0.5, 0.6) is 11.5 Å². The Bertz CT molecular complexity index is 3130. The Morgan fingerprint density at radius 2 is 0.852 bits per heavy atom. The zero-order chi connectivity index (χ0) is 44.1. The van der Waals surface area contributed by atoms with E-state index in [1.807, 2.05) is 0 Å². The van der Waals surface area contributed by atoms with Crippen LogP contribution >= 0.6 is 0 Å². The van der Waals surface area contributed by atoms with E-state index in [9.17, 15) is 66.9 Å². The van der Waals surface area contributed by atoms with Gasteiger partial charge in [-0.1, -0.05) is 12.1 Å². The Labute approximate surface area is 366 Å². The third kappa shape index (κ3) is 10.2. The van der Waals surface area contributed by atoms with Gasteiger partial charge in [0, 0.05) is 53.1 Å². The smallest absolute Gasteiger partial charge is 0.323 e. The summed E-state index contributed by atoms with van der Waals surface area (Å²) in [7, 11) is -19.6. The van der Waals surface area contributed by atoms with Gasteiger partial charge in [0.25, 0.3) is 40.5 Å². The number of benzene rings is 6. The zero-order valence-electron chi connectivity index (χ0n) is 30.5. The largest absolute Gasteiger partial charge is 0.507 e. The fourth-order valence-electron chi connectivity index (χ4n) is 5.61. The fraction of sp³-hybridized carbons (Fsp3) is 0. The molecule has 0 saturated heterocycles. The molecular weight excluding hydrogens is 900 g/mol. The number of phenolic OH excluding ortho intramolecular Hbond substituents is 2. The minimum Gasteiger partial charge on any atom is -0.507 e. The second kappa shape index (κ2) is 16.9. The molecule has 6 aromatic carbocycles. The number of carbonyl (C=O) groups is 1. The molecule has 313 valence electrons. The van der Waals surface area contributed by atoms with Crippen LogP contribution in [-0.4, -0.2) is 97.7 Å². The third-order valence-electron chi connectivity index (χ3n) is 8.25. The number of hydrogen-bond acceptors (Lipinski definition) is 17. The maximum Gasteiger partial charge on any atom is 0.323 e. The number of nitrogens with zero attached hydrogens (tertiary/aromatic N) is 4. The molecule has 1 radical (unpaired) electrons. The third-order valence-corrected chi connectivity index (χ3v) is 11.7. The van der Waals surface area contributed by atoms with Gasteiger partial charge in [0.05, 0.1) is 31.9 Å². The summed E-state index contributed by atoms with van der Waals surface area (Å²) in [5.41, 5.74) is 9.74. The summed E-state index contributed by atoms with van der Waals surface area (Å²) in [6, 6.07) is 13.3. The number of nitrogens with one attached hydrogen (secondary N) is 2. The predicted octanol–water partition coefficient (Wildman–Crippen LogP) is 5.65. The minimum absolute atomic E-state index is 0. The molecule has 0 fully saturated rings. The molecular formula is C33H26N8NaO15S4. The Kier molecular flexibility index (Phi) is 12.8. The van der Waals surface area contributed by atoms with Crippen molar-refractivity contribution < 1.29 is 66.9 Å². The van der Waals surface area contributed by atoms with E-state index in [1.165, 1.54) is 24.3 Å². The van der Waals surface area contributed by atoms with Crippen molar-refractivity contribution in [3.8, 4) is 11.5 Å². The topological polar surface area (TPSA) is 401 Å². The number of amides is 2. The first-order valence-electron chi connectivity index (χ1n) is 16.0. The molecule has 12 N–H and O–H groups in total. The molecule has 23 nitrogen and oxygen atoms in total. The van der Waals surface area contributed by atoms with Crippen molar-refractivity contribution in [3.05, 3.63) is 84.9 Å². The quantitative estimate of drug-likeness (QED) is 0.0343. The van der Waals surface area contributed by atoms with E-state index in [2.05, 4.69) is 31.1 Å². The molecule has 6 aromatic rings. The predicted molar refractivity (Wildman–Crippen MR) is 219 cm³/mol. The van der Waals surface area contributed by atoms with E-state index in [4.69, 9.17) is 11.5 Å². The normalized spacial score (nSPS) is 12.5. The number of hydrogen-bond donors (Lipinski definition) is 10. The molecule has 0 unspecified atom stereocenters. The molecule has 0 aliphatic carbocycles. The molecule has 6 rings (SSSR count). The maximum absolute atomic E-state index is 12.9. The number of rotatable bonds is 10. The van der Waals surface area contributed by atoms with Gasteiger partial charge in [0.2, 0.25) is 0 Å². The van der Waals surface area contributed by atoms with Gasteiger partial charge in [-0.25, -0.2) is 4.79 Å². The van der Waals surface area contributed by atoms with E-state index < -0.39 is 89.0 Å². The van der Waals surface area contributed by atoms with E-state index in [-0.39, 0.29) is 85.2 Å². The summed E-state index contributed by atoms with van der Waals surface area (Å²) in [4.78, 5) is 9.88. The van der Waals surface area contributed by atoms with Crippen LogP contribution in [0, 0.1) is 0 Å². The standard InChI is InChI=1S/C33H26N8O15S4.Na/c34-21-5-1-15-9-19(57(45,46)47)13-25(42)29(15)31(21)40-38-23-7-3-17(11-27(23)59(51,52)53)36-33(44)37-18-4-8-24(28(12-18)60(54,55)56)39-41-32-22(35)6-2-16-10-20(58(48,49)50)14-26(43)30(16)32;/h1-14,42-43H,34-35H2,(H2,36,37,44)(H,45,46,47)(H,48,49,50)(H,51,52,53)(H,54,55,56);. The van der Waals surface area contributed by atoms with Crippen molar-refractivity contribution in [3.63, 3.8) is 0 Å². The molecule has 0 aliphatic rings. The Morgan fingerprint density at radius 1 is 0.492 bits per heavy atom. The SMILES string of the molecule is Nc1ccc2cc(S(=O)(=O)O)cc(O)c2c1N=Nc1ccc(NC(=O)Nc2ccc(N=Nc3c(N)ccc4cc(S(=O)(=O)O)cc(O)c34)c(S(=O)(=O)O)c2)cc1S(=O)(=O)O.[Na]. The zero-order valence-corrected chi connectivity index (χ0v) is 35.8. The first-order valence-corrected chi connectivity index (χ1v) is 21.8. The van der Waals surface area contributed by atoms with E-state index in [0.717, 1.165) is 60.7 Å². The van der Waals surface area contributed by atoms with E-state index in [0.29, 0.717) is 0 Å². The van der Waals surface area contributed by atoms with Crippen molar-refractivity contribution in [2.45, 2.75) is 19.6 Å². The molecule has 0 aromatic heterocycles. The monoisotopic (exact) mass is 925 g/mol. The molecule has 28 heteroatoms. The second-order valence-electron chi connectivity index (χ2n) is 12.3. The number of nitrogens with two attached hydrogens (primary N) is 2. The van der Waals surface area contributed by atoms with Crippen LogP contribution < -0.4 is 22.1 Å². The summed E-state index contributed by atoms with van der Waals surface area (Å²) >= 11 is 0. The Balaban J connectivity index is 0.00000704. The first kappa shape index (κ1) is 46.2. The molecule has 61 heavy (non-hydrogen) atoms. The van der Waals surface area contributed by atoms with Crippen LogP contribution in [0.4, 0.5) is 50.3 Å². The summed E-state index contributed by atoms with van der Waals surface area (Å²) in [6.45, 7) is 0. The Hall–Kier alpha value is -5.85. The van der Waals surface area contributed by atoms with Crippen molar-refractivity contribution in [1.82, 2.24) is 0 Å². The van der Waals surface area contributed by atoms with Crippen LogP contribution in [0.3, 0.4) is 0 Å². The molecule has 0 atom stereocenters. The van der Waals surface area contributed by atoms with Crippen molar-refractivity contribution in [2.75, 3.05) is 22.1 Å². The Morgan fingerprint density at radius 3 is 1.18 bits per heavy atom. The van der Waals surface area contributed by atoms with Gasteiger partial charge in [-0.3, -0.25) is 18.2 Å². The number of carbonyl (C=O) groups excluding carboxylic acids is 1. The maximum atomic E-state index is 12.9. The number of urea groups is 1. The summed E-state index contributed by atoms with van der Waals surface area (Å²) in [5.74, 6) is -1.36. The average molecular weight is 926 g/mol. The van der Waals surface area contributed by atoms with Crippen LogP contribution in [-0.2, 0) is 40.5 Å². The molecule has 0 aliphatic heterocycles. The first-order chi connectivity index (χ1) is 27.8. The number of nitrogen functional groups attached to an aromatic ring is 2. The number of phenols is 2. The van der Waals surface area contributed by atoms with E-state index >= 15 is 0 Å². The van der Waals surface area contributed by atoms with Gasteiger partial charge in [-0.05, 0) is 71.4 Å². The molecule has 2 amide bonds. The fourth-order valence-corrected chi connectivity index (χ4v) is 7.98. The second-order valence-corrected chi connectivity index (χ2v) is 18.0. The van der Waals surface area contributed by atoms with Gasteiger partial charge < -0.3 is 32.3 Å². The number of azo groups is 2. The van der Waals surface area contributed by atoms with Gasteiger partial charge in [-0.2, -0.15) is 33.7 Å². The summed E-state index contributed by atoms with van der Waals surface area (Å²) in [5, 5.41) is 40.9. The molecule has 0 saturated carbocycles. The van der Waals surface area contributed by atoms with Crippen molar-refractivity contribution >= 4 is 143 Å². The van der Waals surface area contributed by atoms with Crippen LogP contribution in [0.25, 0.3) is 21.5 Å². The summed E-state index contributed by atoms with van der Waals surface area (Å²) < 4.78 is 135. The number of anilines is 4. The number of aromatic hydroxyl groups is 2. The summed E-state index contributed by atoms with van der Waals surface area (Å²) in [6.07, 6.45) is 0.